The van der Waals surface area contributed by atoms with Crippen molar-refractivity contribution in [3.05, 3.63) is 83.8 Å². The summed E-state index contributed by atoms with van der Waals surface area (Å²) in [5.74, 6) is -0.595. The molecule has 0 aliphatic heterocycles. The molecule has 1 aromatic heterocycles. The van der Waals surface area contributed by atoms with Gasteiger partial charge in [-0.3, -0.25) is 9.78 Å². The number of ether oxygens (including phenoxy) is 1. The minimum Gasteiger partial charge on any atom is -0.458 e. The van der Waals surface area contributed by atoms with Gasteiger partial charge in [0.1, 0.15) is 11.6 Å². The summed E-state index contributed by atoms with van der Waals surface area (Å²) in [6.07, 6.45) is 3.74. The second kappa shape index (κ2) is 13.2. The number of nitrogens with zero attached hydrogens (tertiary/aromatic N) is 3. The van der Waals surface area contributed by atoms with Gasteiger partial charge in [0, 0.05) is 24.7 Å². The summed E-state index contributed by atoms with van der Waals surface area (Å²) in [6.45, 7) is 19.3. The molecule has 0 radical (unpaired) electrons. The lowest BCUT2D eigenvalue weighted by atomic mass is 9.99. The summed E-state index contributed by atoms with van der Waals surface area (Å²) in [4.78, 5) is 36.6. The Morgan fingerprint density at radius 3 is 2.31 bits per heavy atom. The minimum absolute atomic E-state index is 0.0728. The lowest BCUT2D eigenvalue weighted by molar-refractivity contribution is -0.167. The highest BCUT2D eigenvalue weighted by Gasteiger charge is 2.35. The Morgan fingerprint density at radius 1 is 1.03 bits per heavy atom. The van der Waals surface area contributed by atoms with Crippen LogP contribution in [0.3, 0.4) is 0 Å². The molecular formula is C33H39N3O3. The molecule has 0 aliphatic rings. The van der Waals surface area contributed by atoms with Crippen LogP contribution in [0.25, 0.3) is 27.2 Å². The Morgan fingerprint density at radius 2 is 1.74 bits per heavy atom. The van der Waals surface area contributed by atoms with E-state index in [0.717, 1.165) is 35.1 Å². The van der Waals surface area contributed by atoms with E-state index in [1.807, 2.05) is 102 Å². The van der Waals surface area contributed by atoms with Crippen LogP contribution < -0.4 is 0 Å². The third-order valence-corrected chi connectivity index (χ3v) is 6.36. The number of hydrogen-bond acceptors (Lipinski definition) is 4. The van der Waals surface area contributed by atoms with Gasteiger partial charge in [-0.15, -0.1) is 0 Å². The second-order valence-corrected chi connectivity index (χ2v) is 11.1. The third kappa shape index (κ3) is 8.00. The fourth-order valence-electron chi connectivity index (χ4n) is 4.46. The van der Waals surface area contributed by atoms with Crippen molar-refractivity contribution in [3.8, 4) is 22.4 Å². The maximum atomic E-state index is 13.3. The van der Waals surface area contributed by atoms with Gasteiger partial charge in [-0.05, 0) is 55.9 Å². The summed E-state index contributed by atoms with van der Waals surface area (Å²) >= 11 is 0. The van der Waals surface area contributed by atoms with Gasteiger partial charge in [-0.2, -0.15) is 0 Å². The molecular weight excluding hydrogens is 486 g/mol. The molecule has 0 aliphatic carbocycles. The quantitative estimate of drug-likeness (QED) is 0.200. The molecule has 204 valence electrons. The molecule has 39 heavy (non-hydrogen) atoms. The molecule has 2 aromatic carbocycles. The average molecular weight is 526 g/mol. The summed E-state index contributed by atoms with van der Waals surface area (Å²) in [5, 5.41) is 0. The number of pyridine rings is 1. The molecule has 6 nitrogen and oxygen atoms in total. The van der Waals surface area contributed by atoms with E-state index >= 15 is 0 Å². The molecule has 0 saturated heterocycles. The van der Waals surface area contributed by atoms with E-state index < -0.39 is 17.6 Å². The molecule has 0 fully saturated rings. The molecule has 6 heteroatoms. The fraction of sp³-hybridized carbons (Fsp3) is 0.394. The van der Waals surface area contributed by atoms with Crippen LogP contribution in [-0.2, 0) is 20.9 Å². The van der Waals surface area contributed by atoms with Crippen LogP contribution in [0.5, 0.6) is 0 Å². The molecule has 0 unspecified atom stereocenters. The topological polar surface area (TPSA) is 63.9 Å². The fourth-order valence-corrected chi connectivity index (χ4v) is 4.46. The molecule has 1 amide bonds. The predicted octanol–water partition coefficient (Wildman–Crippen LogP) is 7.85. The van der Waals surface area contributed by atoms with Gasteiger partial charge in [-0.25, -0.2) is 9.64 Å². The second-order valence-electron chi connectivity index (χ2n) is 11.1. The van der Waals surface area contributed by atoms with Gasteiger partial charge in [0.15, 0.2) is 5.69 Å². The standard InChI is InChI=1S/C33H39N3O3/c1-8-9-15-30(37)36(31(23(2)3)32(38)39-33(4,5)6)22-24-16-18-29(35-21-24)27-20-26(17-19-28(27)34-7)25-13-11-10-12-14-25/h10-14,16-21,23,31H,8-9,15,22H2,1-6H3/t31-/m0/s1. The first-order valence-electron chi connectivity index (χ1n) is 13.6. The van der Waals surface area contributed by atoms with Crippen LogP contribution >= 0.6 is 0 Å². The number of hydrogen-bond donors (Lipinski definition) is 0. The molecule has 0 N–H and O–H groups in total. The highest BCUT2D eigenvalue weighted by molar-refractivity contribution is 5.85. The van der Waals surface area contributed by atoms with Crippen LogP contribution in [0, 0.1) is 12.5 Å². The van der Waals surface area contributed by atoms with E-state index in [0.29, 0.717) is 17.8 Å². The third-order valence-electron chi connectivity index (χ3n) is 6.36. The zero-order chi connectivity index (χ0) is 28.6. The van der Waals surface area contributed by atoms with E-state index in [2.05, 4.69) is 9.83 Å². The van der Waals surface area contributed by atoms with E-state index in [4.69, 9.17) is 11.3 Å². The van der Waals surface area contributed by atoms with E-state index in [9.17, 15) is 9.59 Å². The zero-order valence-corrected chi connectivity index (χ0v) is 23.9. The number of carbonyl (C=O) groups excluding carboxylic acids is 2. The maximum absolute atomic E-state index is 13.3. The van der Waals surface area contributed by atoms with Crippen molar-refractivity contribution in [1.29, 1.82) is 0 Å². The minimum atomic E-state index is -0.704. The van der Waals surface area contributed by atoms with Crippen molar-refractivity contribution >= 4 is 17.6 Å². The van der Waals surface area contributed by atoms with Gasteiger partial charge >= 0.3 is 5.97 Å². The number of carbonyl (C=O) groups is 2. The number of amides is 1. The number of aromatic nitrogens is 1. The van der Waals surface area contributed by atoms with Crippen molar-refractivity contribution in [2.75, 3.05) is 0 Å². The molecule has 3 aromatic rings. The Kier molecular flexibility index (Phi) is 10.0. The molecule has 0 saturated carbocycles. The predicted molar refractivity (Wildman–Crippen MR) is 156 cm³/mol. The number of unbranched alkanes of at least 4 members (excludes halogenated alkanes) is 1. The monoisotopic (exact) mass is 525 g/mol. The van der Waals surface area contributed by atoms with Crippen molar-refractivity contribution in [3.63, 3.8) is 0 Å². The van der Waals surface area contributed by atoms with Crippen molar-refractivity contribution in [2.24, 2.45) is 5.92 Å². The summed E-state index contributed by atoms with van der Waals surface area (Å²) < 4.78 is 5.71. The van der Waals surface area contributed by atoms with Crippen molar-refractivity contribution < 1.29 is 14.3 Å². The van der Waals surface area contributed by atoms with Crippen LogP contribution in [-0.4, -0.2) is 33.4 Å². The molecule has 1 atom stereocenters. The molecule has 0 bridgehead atoms. The van der Waals surface area contributed by atoms with Gasteiger partial charge in [0.25, 0.3) is 0 Å². The van der Waals surface area contributed by atoms with Crippen molar-refractivity contribution in [1.82, 2.24) is 9.88 Å². The number of esters is 1. The number of benzene rings is 2. The zero-order valence-electron chi connectivity index (χ0n) is 23.9. The molecule has 0 spiro atoms. The van der Waals surface area contributed by atoms with E-state index in [1.54, 1.807) is 11.1 Å². The van der Waals surface area contributed by atoms with Gasteiger partial charge in [0.2, 0.25) is 5.91 Å². The lowest BCUT2D eigenvalue weighted by Gasteiger charge is -2.35. The molecule has 1 heterocycles. The number of rotatable bonds is 10. The summed E-state index contributed by atoms with van der Waals surface area (Å²) in [5.41, 5.74) is 4.18. The first kappa shape index (κ1) is 29.6. The Bertz CT molecular complexity index is 1300. The highest BCUT2D eigenvalue weighted by atomic mass is 16.6. The largest absolute Gasteiger partial charge is 0.458 e. The van der Waals surface area contributed by atoms with Crippen LogP contribution in [0.15, 0.2) is 66.9 Å². The molecule has 3 rings (SSSR count). The van der Waals surface area contributed by atoms with E-state index in [-0.39, 0.29) is 18.4 Å². The van der Waals surface area contributed by atoms with Crippen LogP contribution in [0.4, 0.5) is 5.69 Å². The van der Waals surface area contributed by atoms with Gasteiger partial charge in [0.05, 0.1) is 12.3 Å². The average Bonchev–Trinajstić information content (AvgIpc) is 2.90. The normalized spacial score (nSPS) is 12.1. The maximum Gasteiger partial charge on any atom is 0.329 e. The summed E-state index contributed by atoms with van der Waals surface area (Å²) in [7, 11) is 0. The Balaban J connectivity index is 1.93. The summed E-state index contributed by atoms with van der Waals surface area (Å²) in [6, 6.07) is 18.9. The Hall–Kier alpha value is -3.98. The SMILES string of the molecule is [C-]#[N+]c1ccc(-c2ccccc2)cc1-c1ccc(CN(C(=O)CCCC)[C@H](C(=O)OC(C)(C)C)C(C)C)cn1. The first-order chi connectivity index (χ1) is 18.5. The van der Waals surface area contributed by atoms with Crippen molar-refractivity contribution in [2.45, 2.75) is 79.0 Å². The first-order valence-corrected chi connectivity index (χ1v) is 13.6. The highest BCUT2D eigenvalue weighted by Crippen LogP contribution is 2.34. The van der Waals surface area contributed by atoms with Crippen LogP contribution in [0.2, 0.25) is 0 Å². The smallest absolute Gasteiger partial charge is 0.329 e. The van der Waals surface area contributed by atoms with Gasteiger partial charge in [-0.1, -0.05) is 81.8 Å². The van der Waals surface area contributed by atoms with Gasteiger partial charge < -0.3 is 9.64 Å². The van der Waals surface area contributed by atoms with Crippen LogP contribution in [0.1, 0.15) is 66.4 Å². The Labute approximate surface area is 232 Å². The lowest BCUT2D eigenvalue weighted by Crippen LogP contribution is -2.49. The van der Waals surface area contributed by atoms with E-state index in [1.165, 1.54) is 0 Å².